The highest BCUT2D eigenvalue weighted by atomic mass is 32.1. The minimum absolute atomic E-state index is 0.887. The Balaban J connectivity index is 3.60. The minimum Gasteiger partial charge on any atom is -0.0942 e. The average Bonchev–Trinajstić information content (AvgIpc) is 2.10. The third-order valence-corrected chi connectivity index (χ3v) is 3.08. The lowest BCUT2D eigenvalue weighted by Crippen LogP contribution is -2.10. The van der Waals surface area contributed by atoms with E-state index in [0.29, 0.717) is 0 Å². The van der Waals surface area contributed by atoms with E-state index in [1.54, 1.807) is 0 Å². The lowest BCUT2D eigenvalue weighted by molar-refractivity contribution is 0.305. The van der Waals surface area contributed by atoms with Crippen molar-refractivity contribution in [2.45, 2.75) is 52.9 Å². The molecule has 1 heteroatoms. The van der Waals surface area contributed by atoms with Crippen LogP contribution in [0.3, 0.4) is 0 Å². The van der Waals surface area contributed by atoms with E-state index in [2.05, 4.69) is 20.8 Å². The van der Waals surface area contributed by atoms with Gasteiger partial charge in [-0.15, -0.1) is 0 Å². The molecule has 0 aliphatic rings. The van der Waals surface area contributed by atoms with Crippen LogP contribution in [0.2, 0.25) is 0 Å². The van der Waals surface area contributed by atoms with Crippen LogP contribution in [0.4, 0.5) is 0 Å². The van der Waals surface area contributed by atoms with Crippen LogP contribution in [-0.4, -0.2) is 5.75 Å². The van der Waals surface area contributed by atoms with Crippen LogP contribution in [0.15, 0.2) is 0 Å². The maximum atomic E-state index is 4.96. The quantitative estimate of drug-likeness (QED) is 0.553. The maximum Gasteiger partial charge on any atom is 0.00370 e. The van der Waals surface area contributed by atoms with E-state index in [1.165, 1.54) is 32.1 Å². The molecule has 0 aromatic heterocycles. The van der Waals surface area contributed by atoms with Gasteiger partial charge in [0.1, 0.15) is 0 Å². The SMILES string of the molecule is CCCC(CC)C(C)CCC[S]. The van der Waals surface area contributed by atoms with Crippen molar-refractivity contribution in [3.63, 3.8) is 0 Å². The molecule has 0 aliphatic carbocycles. The molecular weight excluding hydrogens is 164 g/mol. The zero-order valence-corrected chi connectivity index (χ0v) is 9.62. The molecule has 0 heterocycles. The van der Waals surface area contributed by atoms with Crippen molar-refractivity contribution < 1.29 is 0 Å². The first-order valence-electron chi connectivity index (χ1n) is 5.34. The molecule has 0 spiro atoms. The van der Waals surface area contributed by atoms with E-state index < -0.39 is 0 Å². The summed E-state index contributed by atoms with van der Waals surface area (Å²) in [5.41, 5.74) is 0. The summed E-state index contributed by atoms with van der Waals surface area (Å²) in [6.07, 6.45) is 6.64. The minimum atomic E-state index is 0.887. The molecule has 0 N–H and O–H groups in total. The fourth-order valence-corrected chi connectivity index (χ4v) is 2.07. The van der Waals surface area contributed by atoms with Crippen LogP contribution >= 0.6 is 12.6 Å². The predicted octanol–water partition coefficient (Wildman–Crippen LogP) is 4.43. The molecule has 0 fully saturated rings. The number of rotatable bonds is 7. The molecular formula is C11H23S. The van der Waals surface area contributed by atoms with Gasteiger partial charge in [0, 0.05) is 5.75 Å². The summed E-state index contributed by atoms with van der Waals surface area (Å²) in [5.74, 6) is 2.77. The van der Waals surface area contributed by atoms with Gasteiger partial charge in [-0.1, -0.05) is 52.7 Å². The Kier molecular flexibility index (Phi) is 8.20. The van der Waals surface area contributed by atoms with Crippen molar-refractivity contribution in [1.29, 1.82) is 0 Å². The Hall–Kier alpha value is 0.350. The van der Waals surface area contributed by atoms with Crippen molar-refractivity contribution in [2.75, 3.05) is 5.75 Å². The second-order valence-corrected chi connectivity index (χ2v) is 4.19. The first kappa shape index (κ1) is 12.3. The summed E-state index contributed by atoms with van der Waals surface area (Å²) in [4.78, 5) is 0. The molecule has 0 saturated heterocycles. The molecule has 0 amide bonds. The Labute approximate surface area is 83.5 Å². The predicted molar refractivity (Wildman–Crippen MR) is 59.5 cm³/mol. The first-order chi connectivity index (χ1) is 5.76. The highest BCUT2D eigenvalue weighted by molar-refractivity contribution is 7.80. The molecule has 2 unspecified atom stereocenters. The Bertz CT molecular complexity index is 91.0. The summed E-state index contributed by atoms with van der Waals surface area (Å²) >= 11 is 4.96. The van der Waals surface area contributed by atoms with Gasteiger partial charge >= 0.3 is 0 Å². The van der Waals surface area contributed by atoms with Gasteiger partial charge in [0.15, 0.2) is 0 Å². The van der Waals surface area contributed by atoms with Crippen LogP contribution in [0.1, 0.15) is 52.9 Å². The summed E-state index contributed by atoms with van der Waals surface area (Å²) in [5, 5.41) is 0. The van der Waals surface area contributed by atoms with Crippen molar-refractivity contribution in [1.82, 2.24) is 0 Å². The van der Waals surface area contributed by atoms with E-state index in [4.69, 9.17) is 12.6 Å². The second-order valence-electron chi connectivity index (χ2n) is 3.78. The van der Waals surface area contributed by atoms with Gasteiger partial charge in [-0.3, -0.25) is 0 Å². The second kappa shape index (κ2) is 7.97. The van der Waals surface area contributed by atoms with Crippen LogP contribution in [0.5, 0.6) is 0 Å². The van der Waals surface area contributed by atoms with E-state index in [0.717, 1.165) is 17.6 Å². The van der Waals surface area contributed by atoms with Gasteiger partial charge in [0.25, 0.3) is 0 Å². The van der Waals surface area contributed by atoms with Crippen LogP contribution in [-0.2, 0) is 0 Å². The van der Waals surface area contributed by atoms with Gasteiger partial charge in [-0.05, 0) is 24.7 Å². The lowest BCUT2D eigenvalue weighted by atomic mass is 9.85. The van der Waals surface area contributed by atoms with E-state index in [1.807, 2.05) is 0 Å². The molecule has 0 aromatic rings. The molecule has 0 rings (SSSR count). The molecule has 0 nitrogen and oxygen atoms in total. The van der Waals surface area contributed by atoms with Crippen molar-refractivity contribution >= 4 is 12.6 Å². The molecule has 73 valence electrons. The smallest absolute Gasteiger partial charge is 0.00370 e. The van der Waals surface area contributed by atoms with Crippen molar-refractivity contribution in [3.05, 3.63) is 0 Å². The molecule has 12 heavy (non-hydrogen) atoms. The Morgan fingerprint density at radius 3 is 2.25 bits per heavy atom. The average molecular weight is 187 g/mol. The summed E-state index contributed by atoms with van der Waals surface area (Å²) in [7, 11) is 0. The van der Waals surface area contributed by atoms with Crippen LogP contribution in [0, 0.1) is 11.8 Å². The maximum absolute atomic E-state index is 4.96. The zero-order chi connectivity index (χ0) is 9.40. The standard InChI is InChI=1S/C11H23S/c1-4-7-11(5-2)10(3)8-6-9-12/h10-11H,4-9H2,1-3H3. The molecule has 0 saturated carbocycles. The normalized spacial score (nSPS) is 16.0. The van der Waals surface area contributed by atoms with Crippen molar-refractivity contribution in [3.8, 4) is 0 Å². The molecule has 0 bridgehead atoms. The van der Waals surface area contributed by atoms with Gasteiger partial charge in [0.05, 0.1) is 0 Å². The summed E-state index contributed by atoms with van der Waals surface area (Å²) in [6, 6.07) is 0. The Morgan fingerprint density at radius 1 is 1.17 bits per heavy atom. The van der Waals surface area contributed by atoms with E-state index in [-0.39, 0.29) is 0 Å². The van der Waals surface area contributed by atoms with Gasteiger partial charge < -0.3 is 0 Å². The van der Waals surface area contributed by atoms with Gasteiger partial charge in [-0.2, -0.15) is 0 Å². The van der Waals surface area contributed by atoms with Gasteiger partial charge in [0.2, 0.25) is 0 Å². The fraction of sp³-hybridized carbons (Fsp3) is 1.00. The monoisotopic (exact) mass is 187 g/mol. The highest BCUT2D eigenvalue weighted by Crippen LogP contribution is 2.24. The third kappa shape index (κ3) is 5.08. The summed E-state index contributed by atoms with van der Waals surface area (Å²) in [6.45, 7) is 6.97. The molecule has 2 atom stereocenters. The van der Waals surface area contributed by atoms with Crippen LogP contribution < -0.4 is 0 Å². The van der Waals surface area contributed by atoms with Crippen molar-refractivity contribution in [2.24, 2.45) is 11.8 Å². The third-order valence-electron chi connectivity index (χ3n) is 2.79. The lowest BCUT2D eigenvalue weighted by Gasteiger charge is -2.21. The molecule has 0 aromatic carbocycles. The Morgan fingerprint density at radius 2 is 1.83 bits per heavy atom. The fourth-order valence-electron chi connectivity index (χ4n) is 1.90. The van der Waals surface area contributed by atoms with E-state index >= 15 is 0 Å². The van der Waals surface area contributed by atoms with E-state index in [9.17, 15) is 0 Å². The first-order valence-corrected chi connectivity index (χ1v) is 5.92. The molecule has 1 radical (unpaired) electrons. The number of hydrogen-bond donors (Lipinski definition) is 0. The number of hydrogen-bond acceptors (Lipinski definition) is 0. The van der Waals surface area contributed by atoms with Crippen LogP contribution in [0.25, 0.3) is 0 Å². The summed E-state index contributed by atoms with van der Waals surface area (Å²) < 4.78 is 0. The zero-order valence-electron chi connectivity index (χ0n) is 8.81. The highest BCUT2D eigenvalue weighted by Gasteiger charge is 2.13. The topological polar surface area (TPSA) is 0 Å². The molecule has 0 aliphatic heterocycles. The van der Waals surface area contributed by atoms with Gasteiger partial charge in [-0.25, -0.2) is 0 Å². The largest absolute Gasteiger partial charge is 0.0942 e.